The summed E-state index contributed by atoms with van der Waals surface area (Å²) in [4.78, 5) is 33.9. The van der Waals surface area contributed by atoms with Gasteiger partial charge in [0.05, 0.1) is 22.7 Å². The number of benzene rings is 2. The normalized spacial score (nSPS) is 12.2. The quantitative estimate of drug-likeness (QED) is 0.286. The lowest BCUT2D eigenvalue weighted by molar-refractivity contribution is -0.142. The molecule has 0 unspecified atom stereocenters. The maximum absolute atomic E-state index is 13.5. The van der Waals surface area contributed by atoms with Crippen molar-refractivity contribution in [3.63, 3.8) is 0 Å². The van der Waals surface area contributed by atoms with Gasteiger partial charge in [0.1, 0.15) is 0 Å². The summed E-state index contributed by atoms with van der Waals surface area (Å²) in [5, 5.41) is 18.1. The van der Waals surface area contributed by atoms with Crippen LogP contribution in [0.4, 0.5) is 5.69 Å². The molecule has 1 amide bonds. The molecule has 8 heteroatoms. The lowest BCUT2D eigenvalue weighted by Gasteiger charge is -2.23. The highest BCUT2D eigenvalue weighted by atomic mass is 32.1. The third kappa shape index (κ3) is 6.21. The van der Waals surface area contributed by atoms with Crippen LogP contribution in [-0.4, -0.2) is 33.0 Å². The molecule has 4 rings (SSSR count). The molecule has 4 aromatic rings. The van der Waals surface area contributed by atoms with Crippen LogP contribution >= 0.6 is 11.3 Å². The van der Waals surface area contributed by atoms with Gasteiger partial charge in [-0.05, 0) is 72.9 Å². The van der Waals surface area contributed by atoms with Gasteiger partial charge in [-0.3, -0.25) is 19.9 Å². The number of thiazole rings is 1. The summed E-state index contributed by atoms with van der Waals surface area (Å²) in [6.45, 7) is 3.77. The van der Waals surface area contributed by atoms with Gasteiger partial charge in [-0.25, -0.2) is 4.98 Å². The average Bonchev–Trinajstić information content (AvgIpc) is 3.41. The van der Waals surface area contributed by atoms with E-state index in [0.29, 0.717) is 24.2 Å². The molecular formula is C28H28N4O3S. The highest BCUT2D eigenvalue weighted by Crippen LogP contribution is 2.32. The van der Waals surface area contributed by atoms with E-state index in [2.05, 4.69) is 20.6 Å². The lowest BCUT2D eigenvalue weighted by Crippen LogP contribution is -2.42. The third-order valence-corrected chi connectivity index (χ3v) is 6.72. The van der Waals surface area contributed by atoms with Crippen molar-refractivity contribution < 1.29 is 14.7 Å². The fourth-order valence-corrected chi connectivity index (χ4v) is 4.34. The van der Waals surface area contributed by atoms with Gasteiger partial charge in [0, 0.05) is 30.0 Å². The minimum atomic E-state index is -1.14. The van der Waals surface area contributed by atoms with Crippen LogP contribution in [0.3, 0.4) is 0 Å². The first-order chi connectivity index (χ1) is 17.3. The Morgan fingerprint density at radius 3 is 2.44 bits per heavy atom. The van der Waals surface area contributed by atoms with Crippen LogP contribution in [0.2, 0.25) is 0 Å². The number of aromatic nitrogens is 2. The van der Waals surface area contributed by atoms with Gasteiger partial charge in [0.15, 0.2) is 0 Å². The highest BCUT2D eigenvalue weighted by molar-refractivity contribution is 7.07. The second-order valence-electron chi connectivity index (χ2n) is 9.06. The average molecular weight is 501 g/mol. The van der Waals surface area contributed by atoms with Gasteiger partial charge >= 0.3 is 5.97 Å². The number of pyridine rings is 1. The van der Waals surface area contributed by atoms with Crippen molar-refractivity contribution in [1.29, 1.82) is 0 Å². The van der Waals surface area contributed by atoms with Gasteiger partial charge in [0.2, 0.25) is 5.91 Å². The molecule has 0 saturated heterocycles. The molecule has 0 aliphatic heterocycles. The van der Waals surface area contributed by atoms with Crippen molar-refractivity contribution >= 4 is 28.9 Å². The third-order valence-electron chi connectivity index (χ3n) is 6.08. The van der Waals surface area contributed by atoms with Gasteiger partial charge in [-0.2, -0.15) is 0 Å². The number of nitrogens with one attached hydrogen (secondary N) is 2. The number of anilines is 1. The molecule has 0 fully saturated rings. The second kappa shape index (κ2) is 11.2. The molecule has 3 N–H and O–H groups in total. The second-order valence-corrected chi connectivity index (χ2v) is 9.78. The van der Waals surface area contributed by atoms with Crippen molar-refractivity contribution in [1.82, 2.24) is 15.3 Å². The van der Waals surface area contributed by atoms with Crippen molar-refractivity contribution in [3.8, 4) is 11.1 Å². The molecule has 0 saturated carbocycles. The largest absolute Gasteiger partial charge is 0.481 e. The Bertz CT molecular complexity index is 1310. The number of hydrogen-bond acceptors (Lipinski definition) is 6. The van der Waals surface area contributed by atoms with Crippen molar-refractivity contribution in [2.75, 3.05) is 5.32 Å². The minimum absolute atomic E-state index is 0.208. The van der Waals surface area contributed by atoms with Crippen LogP contribution in [-0.2, 0) is 28.0 Å². The first-order valence-electron chi connectivity index (χ1n) is 11.6. The molecule has 36 heavy (non-hydrogen) atoms. The number of carboxylic acids is 1. The summed E-state index contributed by atoms with van der Waals surface area (Å²) < 4.78 is 0. The van der Waals surface area contributed by atoms with Crippen LogP contribution < -0.4 is 10.6 Å². The summed E-state index contributed by atoms with van der Waals surface area (Å²) in [5.74, 6) is -1.15. The van der Waals surface area contributed by atoms with Crippen LogP contribution in [0, 0.1) is 0 Å². The Labute approximate surface area is 214 Å². The van der Waals surface area contributed by atoms with E-state index in [9.17, 15) is 14.7 Å². The van der Waals surface area contributed by atoms with Crippen molar-refractivity contribution in [2.24, 2.45) is 0 Å². The fourth-order valence-electron chi connectivity index (χ4n) is 3.78. The minimum Gasteiger partial charge on any atom is -0.481 e. The molecule has 0 aliphatic rings. The maximum Gasteiger partial charge on any atom is 0.313 e. The lowest BCUT2D eigenvalue weighted by atomic mass is 9.83. The van der Waals surface area contributed by atoms with E-state index in [1.165, 1.54) is 11.3 Å². The van der Waals surface area contributed by atoms with Gasteiger partial charge in [-0.15, -0.1) is 11.3 Å². The molecule has 0 spiro atoms. The van der Waals surface area contributed by atoms with E-state index in [1.807, 2.05) is 60.0 Å². The number of nitrogens with zero attached hydrogens (tertiary/aromatic N) is 2. The van der Waals surface area contributed by atoms with E-state index in [1.54, 1.807) is 37.8 Å². The topological polar surface area (TPSA) is 104 Å². The number of aliphatic carboxylic acids is 1. The summed E-state index contributed by atoms with van der Waals surface area (Å²) in [6, 6.07) is 18.4. The van der Waals surface area contributed by atoms with E-state index in [0.717, 1.165) is 22.4 Å². The molecule has 0 bridgehead atoms. The Morgan fingerprint density at radius 2 is 1.78 bits per heavy atom. The molecule has 2 heterocycles. The number of carboxylic acid groups (broad SMARTS) is 1. The number of hydrogen-bond donors (Lipinski definition) is 3. The Hall–Kier alpha value is -3.88. The van der Waals surface area contributed by atoms with Crippen LogP contribution in [0.25, 0.3) is 11.1 Å². The zero-order valence-electron chi connectivity index (χ0n) is 20.1. The zero-order valence-corrected chi connectivity index (χ0v) is 21.0. The first-order valence-corrected chi connectivity index (χ1v) is 12.5. The van der Waals surface area contributed by atoms with E-state index >= 15 is 0 Å². The summed E-state index contributed by atoms with van der Waals surface area (Å²) >= 11 is 1.51. The molecule has 1 atom stereocenters. The number of carbonyl (C=O) groups is 2. The van der Waals surface area contributed by atoms with Crippen molar-refractivity contribution in [3.05, 3.63) is 101 Å². The summed E-state index contributed by atoms with van der Waals surface area (Å²) in [5.41, 5.74) is 5.33. The summed E-state index contributed by atoms with van der Waals surface area (Å²) in [6.07, 6.45) is 3.86. The van der Waals surface area contributed by atoms with Crippen LogP contribution in [0.5, 0.6) is 0 Å². The fraction of sp³-hybridized carbons (Fsp3) is 0.214. The molecule has 2 aromatic heterocycles. The molecule has 184 valence electrons. The van der Waals surface area contributed by atoms with Crippen LogP contribution in [0.1, 0.15) is 30.7 Å². The Morgan fingerprint density at radius 1 is 1.03 bits per heavy atom. The first kappa shape index (κ1) is 25.2. The molecule has 0 aliphatic carbocycles. The SMILES string of the molecule is CC(C)(C(=O)O)c1cc(NC(=O)[C@@H](Cc2ccccc2)NCc2cscn2)cc(-c2ccncc2)c1. The van der Waals surface area contributed by atoms with Gasteiger partial charge in [0.25, 0.3) is 0 Å². The number of rotatable bonds is 10. The van der Waals surface area contributed by atoms with Gasteiger partial charge in [-0.1, -0.05) is 30.3 Å². The maximum atomic E-state index is 13.5. The molecule has 2 aromatic carbocycles. The predicted octanol–water partition coefficient (Wildman–Crippen LogP) is 4.91. The van der Waals surface area contributed by atoms with E-state index < -0.39 is 17.4 Å². The number of carbonyl (C=O) groups excluding carboxylic acids is 1. The highest BCUT2D eigenvalue weighted by Gasteiger charge is 2.30. The Balaban J connectivity index is 1.64. The van der Waals surface area contributed by atoms with Crippen LogP contribution in [0.15, 0.2) is 83.9 Å². The molecule has 7 nitrogen and oxygen atoms in total. The Kier molecular flexibility index (Phi) is 7.87. The standard InChI is InChI=1S/C28H28N4O3S/c1-28(2,27(34)35)22-13-21(20-8-10-29-11-9-20)14-23(15-22)32-26(33)25(12-19-6-4-3-5-7-19)30-16-24-17-36-18-31-24/h3-11,13-15,17-18,25,30H,12,16H2,1-2H3,(H,32,33)(H,34,35)/t25-/m1/s1. The molecular weight excluding hydrogens is 472 g/mol. The van der Waals surface area contributed by atoms with E-state index in [4.69, 9.17) is 0 Å². The van der Waals surface area contributed by atoms with Crippen molar-refractivity contribution in [2.45, 2.75) is 38.3 Å². The smallest absolute Gasteiger partial charge is 0.313 e. The summed E-state index contributed by atoms with van der Waals surface area (Å²) in [7, 11) is 0. The molecule has 0 radical (unpaired) electrons. The van der Waals surface area contributed by atoms with E-state index in [-0.39, 0.29) is 5.91 Å². The van der Waals surface area contributed by atoms with Gasteiger partial charge < -0.3 is 10.4 Å². The number of amides is 1. The predicted molar refractivity (Wildman–Crippen MR) is 142 cm³/mol. The monoisotopic (exact) mass is 500 g/mol. The zero-order chi connectivity index (χ0) is 25.5.